The van der Waals surface area contributed by atoms with E-state index in [9.17, 15) is 35.9 Å². The van der Waals surface area contributed by atoms with Crippen molar-refractivity contribution in [1.82, 2.24) is 0 Å². The van der Waals surface area contributed by atoms with Gasteiger partial charge in [-0.25, -0.2) is 12.8 Å². The summed E-state index contributed by atoms with van der Waals surface area (Å²) in [6.07, 6.45) is -5.27. The number of benzene rings is 2. The Balaban J connectivity index is 2.33. The Hall–Kier alpha value is -2.46. The molecule has 0 fully saturated rings. The Morgan fingerprint density at radius 2 is 1.62 bits per heavy atom. The maximum Gasteiger partial charge on any atom is 0.426 e. The summed E-state index contributed by atoms with van der Waals surface area (Å²) < 4.78 is 76.7. The van der Waals surface area contributed by atoms with Gasteiger partial charge in [0.25, 0.3) is 5.91 Å². The minimum atomic E-state index is -5.27. The van der Waals surface area contributed by atoms with Gasteiger partial charge in [0.15, 0.2) is 0 Å². The van der Waals surface area contributed by atoms with Crippen LogP contribution in [-0.4, -0.2) is 31.2 Å². The zero-order chi connectivity index (χ0) is 19.8. The normalized spacial score (nSPS) is 14.5. The number of sulfone groups is 1. The van der Waals surface area contributed by atoms with Gasteiger partial charge in [-0.05, 0) is 37.3 Å². The minimum absolute atomic E-state index is 0.101. The Morgan fingerprint density at radius 1 is 1.04 bits per heavy atom. The number of carbonyl (C=O) groups is 1. The fraction of sp³-hybridized carbons (Fsp3) is 0.188. The highest BCUT2D eigenvalue weighted by molar-refractivity contribution is 7.91. The topological polar surface area (TPSA) is 83.5 Å². The molecular formula is C16H13F4NO4S. The van der Waals surface area contributed by atoms with E-state index in [0.29, 0.717) is 6.07 Å². The summed E-state index contributed by atoms with van der Waals surface area (Å²) in [6, 6.07) is 9.42. The van der Waals surface area contributed by atoms with Gasteiger partial charge in [0.05, 0.1) is 15.5 Å². The highest BCUT2D eigenvalue weighted by atomic mass is 32.2. The average molecular weight is 391 g/mol. The summed E-state index contributed by atoms with van der Waals surface area (Å²) in [5.41, 5.74) is -4.44. The lowest BCUT2D eigenvalue weighted by atomic mass is 10.1. The molecule has 1 unspecified atom stereocenters. The number of hydrogen-bond acceptors (Lipinski definition) is 4. The number of aliphatic hydroxyl groups is 1. The zero-order valence-corrected chi connectivity index (χ0v) is 14.0. The third kappa shape index (κ3) is 3.70. The van der Waals surface area contributed by atoms with E-state index in [4.69, 9.17) is 0 Å². The molecule has 0 saturated heterocycles. The van der Waals surface area contributed by atoms with E-state index in [2.05, 4.69) is 0 Å². The largest absolute Gasteiger partial charge is 0.426 e. The van der Waals surface area contributed by atoms with Crippen LogP contribution >= 0.6 is 0 Å². The van der Waals surface area contributed by atoms with Crippen LogP contribution in [0.2, 0.25) is 0 Å². The molecule has 140 valence electrons. The average Bonchev–Trinajstić information content (AvgIpc) is 2.56. The molecule has 10 heteroatoms. The van der Waals surface area contributed by atoms with E-state index >= 15 is 0 Å². The molecule has 2 aromatic rings. The molecule has 0 aromatic heterocycles. The molecule has 0 heterocycles. The number of nitrogens with one attached hydrogen (secondary N) is 1. The van der Waals surface area contributed by atoms with Crippen LogP contribution in [0.25, 0.3) is 0 Å². The highest BCUT2D eigenvalue weighted by Gasteiger charge is 2.55. The second-order valence-corrected chi connectivity index (χ2v) is 7.43. The molecule has 2 N–H and O–H groups in total. The Morgan fingerprint density at radius 3 is 2.12 bits per heavy atom. The molecule has 2 aromatic carbocycles. The molecular weight excluding hydrogens is 378 g/mol. The number of halogens is 4. The first-order valence-corrected chi connectivity index (χ1v) is 8.56. The summed E-state index contributed by atoms with van der Waals surface area (Å²) in [5, 5.41) is 10.8. The van der Waals surface area contributed by atoms with Gasteiger partial charge in [0.2, 0.25) is 15.4 Å². The summed E-state index contributed by atoms with van der Waals surface area (Å²) in [5.74, 6) is -3.17. The quantitative estimate of drug-likeness (QED) is 0.785. The second kappa shape index (κ2) is 6.69. The Labute approximate surface area is 146 Å². The third-order valence-electron chi connectivity index (χ3n) is 3.55. The number of amides is 1. The maximum absolute atomic E-state index is 14.1. The van der Waals surface area contributed by atoms with Crippen molar-refractivity contribution >= 4 is 21.4 Å². The second-order valence-electron chi connectivity index (χ2n) is 5.48. The summed E-state index contributed by atoms with van der Waals surface area (Å²) in [4.78, 5) is 11.0. The van der Waals surface area contributed by atoms with E-state index in [1.54, 1.807) is 11.4 Å². The van der Waals surface area contributed by atoms with Gasteiger partial charge >= 0.3 is 6.18 Å². The van der Waals surface area contributed by atoms with Crippen molar-refractivity contribution < 1.29 is 35.9 Å². The summed E-state index contributed by atoms with van der Waals surface area (Å²) in [7, 11) is -4.04. The fourth-order valence-corrected chi connectivity index (χ4v) is 3.17. The lowest BCUT2D eigenvalue weighted by Crippen LogP contribution is -2.52. The first-order valence-electron chi connectivity index (χ1n) is 7.07. The molecule has 0 aliphatic carbocycles. The van der Waals surface area contributed by atoms with Crippen LogP contribution in [0.4, 0.5) is 23.2 Å². The molecule has 0 saturated carbocycles. The van der Waals surface area contributed by atoms with Crippen molar-refractivity contribution in [3.63, 3.8) is 0 Å². The van der Waals surface area contributed by atoms with Crippen LogP contribution in [0.3, 0.4) is 0 Å². The Kier molecular flexibility index (Phi) is 5.11. The van der Waals surface area contributed by atoms with Crippen molar-refractivity contribution in [2.75, 3.05) is 5.32 Å². The third-order valence-corrected chi connectivity index (χ3v) is 5.31. The molecule has 0 bridgehead atoms. The summed E-state index contributed by atoms with van der Waals surface area (Å²) >= 11 is 0. The van der Waals surface area contributed by atoms with Gasteiger partial charge in [-0.3, -0.25) is 4.79 Å². The van der Waals surface area contributed by atoms with Crippen LogP contribution in [-0.2, 0) is 14.6 Å². The van der Waals surface area contributed by atoms with Crippen molar-refractivity contribution in [2.24, 2.45) is 0 Å². The van der Waals surface area contributed by atoms with E-state index in [1.807, 2.05) is 0 Å². The molecule has 1 atom stereocenters. The molecule has 26 heavy (non-hydrogen) atoms. The van der Waals surface area contributed by atoms with Crippen LogP contribution in [0.1, 0.15) is 6.92 Å². The summed E-state index contributed by atoms with van der Waals surface area (Å²) in [6.45, 7) is 0.217. The lowest BCUT2D eigenvalue weighted by molar-refractivity contribution is -0.242. The van der Waals surface area contributed by atoms with Crippen LogP contribution < -0.4 is 5.32 Å². The standard InChI is InChI=1S/C16H13F4NO4S/c1-15(23,16(18,19)20)14(22)21-13-8-7-11(9-12(13)17)26(24,25)10-5-3-2-4-6-10/h2-9,23H,1H3,(H,21,22). The molecule has 0 spiro atoms. The van der Waals surface area contributed by atoms with Crippen LogP contribution in [0.15, 0.2) is 58.3 Å². The first-order chi connectivity index (χ1) is 11.9. The SMILES string of the molecule is CC(O)(C(=O)Nc1ccc(S(=O)(=O)c2ccccc2)cc1F)C(F)(F)F. The van der Waals surface area contributed by atoms with Gasteiger partial charge in [-0.1, -0.05) is 18.2 Å². The monoisotopic (exact) mass is 391 g/mol. The highest BCUT2D eigenvalue weighted by Crippen LogP contribution is 2.32. The van der Waals surface area contributed by atoms with E-state index in [-0.39, 0.29) is 11.8 Å². The number of carbonyl (C=O) groups excluding carboxylic acids is 1. The smallest absolute Gasteiger partial charge is 0.373 e. The van der Waals surface area contributed by atoms with E-state index < -0.39 is 43.9 Å². The molecule has 0 aliphatic rings. The van der Waals surface area contributed by atoms with Crippen molar-refractivity contribution in [2.45, 2.75) is 28.5 Å². The van der Waals surface area contributed by atoms with Gasteiger partial charge in [-0.15, -0.1) is 0 Å². The maximum atomic E-state index is 14.1. The molecule has 1 amide bonds. The number of rotatable bonds is 4. The first kappa shape index (κ1) is 19.9. The van der Waals surface area contributed by atoms with E-state index in [0.717, 1.165) is 12.1 Å². The van der Waals surface area contributed by atoms with Crippen LogP contribution in [0.5, 0.6) is 0 Å². The minimum Gasteiger partial charge on any atom is -0.373 e. The van der Waals surface area contributed by atoms with Gasteiger partial charge < -0.3 is 10.4 Å². The molecule has 2 rings (SSSR count). The number of hydrogen-bond donors (Lipinski definition) is 2. The van der Waals surface area contributed by atoms with Gasteiger partial charge in [0, 0.05) is 0 Å². The van der Waals surface area contributed by atoms with Crippen molar-refractivity contribution in [3.05, 3.63) is 54.3 Å². The predicted molar refractivity (Wildman–Crippen MR) is 83.6 cm³/mol. The lowest BCUT2D eigenvalue weighted by Gasteiger charge is -2.25. The predicted octanol–water partition coefficient (Wildman–Crippen LogP) is 2.91. The number of anilines is 1. The van der Waals surface area contributed by atoms with E-state index in [1.165, 1.54) is 24.3 Å². The Bertz CT molecular complexity index is 925. The van der Waals surface area contributed by atoms with Gasteiger partial charge in [0.1, 0.15) is 5.82 Å². The van der Waals surface area contributed by atoms with Gasteiger partial charge in [-0.2, -0.15) is 13.2 Å². The number of alkyl halides is 3. The molecule has 5 nitrogen and oxygen atoms in total. The van der Waals surface area contributed by atoms with Crippen LogP contribution in [0, 0.1) is 5.82 Å². The molecule has 0 aliphatic heterocycles. The van der Waals surface area contributed by atoms with Crippen molar-refractivity contribution in [3.8, 4) is 0 Å². The fourth-order valence-electron chi connectivity index (χ4n) is 1.87. The molecule has 0 radical (unpaired) electrons. The zero-order valence-electron chi connectivity index (χ0n) is 13.2. The van der Waals surface area contributed by atoms with Crippen molar-refractivity contribution in [1.29, 1.82) is 0 Å².